The van der Waals surface area contributed by atoms with Crippen LogP contribution in [0.2, 0.25) is 5.02 Å². The highest BCUT2D eigenvalue weighted by atomic mass is 35.5. The Kier molecular flexibility index (Phi) is 5.08. The van der Waals surface area contributed by atoms with Crippen molar-refractivity contribution in [2.24, 2.45) is 5.73 Å². The van der Waals surface area contributed by atoms with Crippen LogP contribution in [0.1, 0.15) is 22.7 Å². The zero-order chi connectivity index (χ0) is 14.7. The molecule has 2 N–H and O–H groups in total. The van der Waals surface area contributed by atoms with Crippen molar-refractivity contribution in [1.29, 1.82) is 0 Å². The van der Waals surface area contributed by atoms with Crippen molar-refractivity contribution in [3.8, 4) is 0 Å². The molecule has 0 aromatic heterocycles. The van der Waals surface area contributed by atoms with Crippen LogP contribution in [0.3, 0.4) is 0 Å². The standard InChI is InChI=1S/C16H17ClFNS/c1-10-7-11(2)16(14(18)8-10)15(19)9-20-13-5-3-12(17)4-6-13/h3-8,15H,9,19H2,1-2H3. The van der Waals surface area contributed by atoms with E-state index in [-0.39, 0.29) is 11.9 Å². The van der Waals surface area contributed by atoms with Crippen LogP contribution in [0, 0.1) is 19.7 Å². The third-order valence-electron chi connectivity index (χ3n) is 3.09. The molecule has 0 radical (unpaired) electrons. The van der Waals surface area contributed by atoms with Crippen LogP contribution in [-0.2, 0) is 0 Å². The molecule has 106 valence electrons. The number of nitrogens with two attached hydrogens (primary N) is 1. The van der Waals surface area contributed by atoms with Crippen molar-refractivity contribution in [2.45, 2.75) is 24.8 Å². The number of rotatable bonds is 4. The zero-order valence-electron chi connectivity index (χ0n) is 11.5. The molecule has 2 aromatic carbocycles. The van der Waals surface area contributed by atoms with Gasteiger partial charge in [-0.05, 0) is 55.3 Å². The van der Waals surface area contributed by atoms with E-state index in [1.54, 1.807) is 11.8 Å². The highest BCUT2D eigenvalue weighted by Gasteiger charge is 2.15. The highest BCUT2D eigenvalue weighted by Crippen LogP contribution is 2.28. The van der Waals surface area contributed by atoms with E-state index in [2.05, 4.69) is 0 Å². The van der Waals surface area contributed by atoms with Crippen LogP contribution in [0.25, 0.3) is 0 Å². The fraction of sp³-hybridized carbons (Fsp3) is 0.250. The van der Waals surface area contributed by atoms with Gasteiger partial charge in [0.1, 0.15) is 5.82 Å². The first-order valence-corrected chi connectivity index (χ1v) is 7.74. The van der Waals surface area contributed by atoms with Crippen molar-refractivity contribution in [2.75, 3.05) is 5.75 Å². The van der Waals surface area contributed by atoms with E-state index in [4.69, 9.17) is 17.3 Å². The molecule has 4 heteroatoms. The molecule has 0 aliphatic heterocycles. The summed E-state index contributed by atoms with van der Waals surface area (Å²) in [6.07, 6.45) is 0. The summed E-state index contributed by atoms with van der Waals surface area (Å²) in [7, 11) is 0. The summed E-state index contributed by atoms with van der Waals surface area (Å²) in [5.74, 6) is 0.411. The van der Waals surface area contributed by atoms with Gasteiger partial charge in [-0.2, -0.15) is 0 Å². The molecule has 0 spiro atoms. The van der Waals surface area contributed by atoms with Gasteiger partial charge in [-0.1, -0.05) is 17.7 Å². The van der Waals surface area contributed by atoms with Gasteiger partial charge in [-0.15, -0.1) is 11.8 Å². The predicted octanol–water partition coefficient (Wildman–Crippen LogP) is 4.89. The lowest BCUT2D eigenvalue weighted by Crippen LogP contribution is -2.16. The Bertz CT molecular complexity index is 575. The van der Waals surface area contributed by atoms with E-state index in [1.807, 2.05) is 44.2 Å². The van der Waals surface area contributed by atoms with E-state index in [0.717, 1.165) is 16.0 Å². The summed E-state index contributed by atoms with van der Waals surface area (Å²) in [6.45, 7) is 3.78. The number of benzene rings is 2. The lowest BCUT2D eigenvalue weighted by Gasteiger charge is -2.16. The summed E-state index contributed by atoms with van der Waals surface area (Å²) < 4.78 is 14.0. The molecule has 0 aliphatic rings. The average molecular weight is 310 g/mol. The number of aryl methyl sites for hydroxylation is 2. The molecule has 2 aromatic rings. The second-order valence-electron chi connectivity index (χ2n) is 4.85. The maximum absolute atomic E-state index is 14.0. The predicted molar refractivity (Wildman–Crippen MR) is 85.0 cm³/mol. The van der Waals surface area contributed by atoms with Crippen LogP contribution in [0.5, 0.6) is 0 Å². The lowest BCUT2D eigenvalue weighted by molar-refractivity contribution is 0.591. The van der Waals surface area contributed by atoms with E-state index < -0.39 is 0 Å². The molecule has 0 heterocycles. The minimum atomic E-state index is -0.323. The summed E-state index contributed by atoms with van der Waals surface area (Å²) in [5, 5.41) is 0.707. The van der Waals surface area contributed by atoms with Gasteiger partial charge >= 0.3 is 0 Å². The third-order valence-corrected chi connectivity index (χ3v) is 4.48. The van der Waals surface area contributed by atoms with E-state index in [1.165, 1.54) is 6.07 Å². The second kappa shape index (κ2) is 6.61. The van der Waals surface area contributed by atoms with Gasteiger partial charge < -0.3 is 5.73 Å². The Morgan fingerprint density at radius 2 is 1.85 bits per heavy atom. The molecule has 20 heavy (non-hydrogen) atoms. The highest BCUT2D eigenvalue weighted by molar-refractivity contribution is 7.99. The topological polar surface area (TPSA) is 26.0 Å². The average Bonchev–Trinajstić information content (AvgIpc) is 2.37. The van der Waals surface area contributed by atoms with Crippen molar-refractivity contribution in [3.63, 3.8) is 0 Å². The molecular formula is C16H17ClFNS. The number of hydrogen-bond acceptors (Lipinski definition) is 2. The van der Waals surface area contributed by atoms with Crippen molar-refractivity contribution >= 4 is 23.4 Å². The first kappa shape index (κ1) is 15.4. The lowest BCUT2D eigenvalue weighted by atomic mass is 10.00. The monoisotopic (exact) mass is 309 g/mol. The first-order chi connectivity index (χ1) is 9.47. The van der Waals surface area contributed by atoms with Gasteiger partial charge in [0.2, 0.25) is 0 Å². The van der Waals surface area contributed by atoms with Gasteiger partial charge in [0.05, 0.1) is 0 Å². The third kappa shape index (κ3) is 3.75. The maximum atomic E-state index is 14.0. The summed E-state index contributed by atoms with van der Waals surface area (Å²) in [4.78, 5) is 1.08. The fourth-order valence-electron chi connectivity index (χ4n) is 2.20. The minimum absolute atomic E-state index is 0.216. The van der Waals surface area contributed by atoms with E-state index in [0.29, 0.717) is 16.3 Å². The number of halogens is 2. The molecule has 1 unspecified atom stereocenters. The SMILES string of the molecule is Cc1cc(C)c(C(N)CSc2ccc(Cl)cc2)c(F)c1. The van der Waals surface area contributed by atoms with Crippen LogP contribution in [0.4, 0.5) is 4.39 Å². The van der Waals surface area contributed by atoms with Gasteiger partial charge in [0, 0.05) is 27.3 Å². The van der Waals surface area contributed by atoms with Gasteiger partial charge in [-0.3, -0.25) is 0 Å². The Morgan fingerprint density at radius 1 is 1.20 bits per heavy atom. The quantitative estimate of drug-likeness (QED) is 0.814. The smallest absolute Gasteiger partial charge is 0.128 e. The molecule has 0 fully saturated rings. The first-order valence-electron chi connectivity index (χ1n) is 6.38. The largest absolute Gasteiger partial charge is 0.323 e. The van der Waals surface area contributed by atoms with Crippen molar-refractivity contribution < 1.29 is 4.39 Å². The summed E-state index contributed by atoms with van der Waals surface area (Å²) >= 11 is 7.45. The molecule has 0 saturated heterocycles. The Hall–Kier alpha value is -1.03. The number of thioether (sulfide) groups is 1. The molecule has 0 aliphatic carbocycles. The maximum Gasteiger partial charge on any atom is 0.128 e. The molecule has 0 saturated carbocycles. The van der Waals surface area contributed by atoms with Crippen LogP contribution in [0.15, 0.2) is 41.3 Å². The molecule has 1 nitrogen and oxygen atoms in total. The molecular weight excluding hydrogens is 293 g/mol. The number of hydrogen-bond donors (Lipinski definition) is 1. The summed E-state index contributed by atoms with van der Waals surface area (Å²) in [6, 6.07) is 10.7. The van der Waals surface area contributed by atoms with Crippen LogP contribution >= 0.6 is 23.4 Å². The second-order valence-corrected chi connectivity index (χ2v) is 6.38. The Labute approximate surface area is 128 Å². The Balaban J connectivity index is 2.09. The fourth-order valence-corrected chi connectivity index (χ4v) is 3.19. The van der Waals surface area contributed by atoms with E-state index >= 15 is 0 Å². The van der Waals surface area contributed by atoms with Gasteiger partial charge in [0.25, 0.3) is 0 Å². The minimum Gasteiger partial charge on any atom is -0.323 e. The van der Waals surface area contributed by atoms with Gasteiger partial charge in [-0.25, -0.2) is 4.39 Å². The van der Waals surface area contributed by atoms with Crippen LogP contribution in [-0.4, -0.2) is 5.75 Å². The molecule has 2 rings (SSSR count). The zero-order valence-corrected chi connectivity index (χ0v) is 13.1. The van der Waals surface area contributed by atoms with Crippen molar-refractivity contribution in [3.05, 3.63) is 63.9 Å². The van der Waals surface area contributed by atoms with Gasteiger partial charge in [0.15, 0.2) is 0 Å². The van der Waals surface area contributed by atoms with Crippen molar-refractivity contribution in [1.82, 2.24) is 0 Å². The normalized spacial score (nSPS) is 12.4. The van der Waals surface area contributed by atoms with Crippen LogP contribution < -0.4 is 5.73 Å². The van der Waals surface area contributed by atoms with E-state index in [9.17, 15) is 4.39 Å². The molecule has 0 bridgehead atoms. The molecule has 1 atom stereocenters. The summed E-state index contributed by atoms with van der Waals surface area (Å²) in [5.41, 5.74) is 8.57. The molecule has 0 amide bonds. The Morgan fingerprint density at radius 3 is 2.45 bits per heavy atom.